The van der Waals surface area contributed by atoms with Crippen LogP contribution in [-0.4, -0.2) is 34.7 Å². The summed E-state index contributed by atoms with van der Waals surface area (Å²) in [5.41, 5.74) is 2.96. The number of nitrogens with one attached hydrogen (secondary N) is 4. The van der Waals surface area contributed by atoms with Crippen molar-refractivity contribution in [3.05, 3.63) is 53.7 Å². The van der Waals surface area contributed by atoms with E-state index in [-0.39, 0.29) is 29.8 Å². The van der Waals surface area contributed by atoms with Gasteiger partial charge < -0.3 is 15.6 Å². The fourth-order valence-corrected chi connectivity index (χ4v) is 2.46. The number of aromatic amines is 2. The quantitative estimate of drug-likeness (QED) is 0.279. The van der Waals surface area contributed by atoms with E-state index >= 15 is 0 Å². The van der Waals surface area contributed by atoms with E-state index in [4.69, 9.17) is 0 Å². The Hall–Kier alpha value is -2.10. The number of nitrogens with zero attached hydrogens (tertiary/aromatic N) is 2. The van der Waals surface area contributed by atoms with Crippen LogP contribution in [0.1, 0.15) is 11.3 Å². The summed E-state index contributed by atoms with van der Waals surface area (Å²) in [6, 6.07) is 6.71. The largest absolute Gasteiger partial charge is 0.361 e. The predicted molar refractivity (Wildman–Crippen MR) is 104 cm³/mol. The minimum absolute atomic E-state index is 0. The zero-order valence-corrected chi connectivity index (χ0v) is 15.6. The summed E-state index contributed by atoms with van der Waals surface area (Å²) in [7, 11) is 1.73. The Balaban J connectivity index is 0.00000208. The molecule has 6 nitrogen and oxygen atoms in total. The Morgan fingerprint density at radius 1 is 1.29 bits per heavy atom. The Kier molecular flexibility index (Phi) is 6.59. The molecule has 2 heterocycles. The van der Waals surface area contributed by atoms with Gasteiger partial charge in [0, 0.05) is 36.9 Å². The lowest BCUT2D eigenvalue weighted by Crippen LogP contribution is -2.37. The lowest BCUT2D eigenvalue weighted by Gasteiger charge is -2.10. The fourth-order valence-electron chi connectivity index (χ4n) is 2.46. The van der Waals surface area contributed by atoms with E-state index < -0.39 is 0 Å². The van der Waals surface area contributed by atoms with E-state index in [1.54, 1.807) is 13.2 Å². The Morgan fingerprint density at radius 3 is 2.92 bits per heavy atom. The van der Waals surface area contributed by atoms with Gasteiger partial charge in [-0.25, -0.2) is 4.39 Å². The normalized spacial score (nSPS) is 11.3. The van der Waals surface area contributed by atoms with Gasteiger partial charge in [-0.15, -0.1) is 24.0 Å². The number of hydrogen-bond acceptors (Lipinski definition) is 2. The number of rotatable bonds is 5. The van der Waals surface area contributed by atoms with Crippen molar-refractivity contribution >= 4 is 40.8 Å². The van der Waals surface area contributed by atoms with Crippen molar-refractivity contribution in [3.8, 4) is 0 Å². The van der Waals surface area contributed by atoms with Crippen LogP contribution in [0.5, 0.6) is 0 Å². The van der Waals surface area contributed by atoms with Gasteiger partial charge in [-0.1, -0.05) is 0 Å². The van der Waals surface area contributed by atoms with Gasteiger partial charge in [-0.05, 0) is 36.2 Å². The molecule has 0 bridgehead atoms. The molecule has 0 amide bonds. The highest BCUT2D eigenvalue weighted by molar-refractivity contribution is 14.0. The molecule has 0 aliphatic carbocycles. The Labute approximate surface area is 156 Å². The highest BCUT2D eigenvalue weighted by Gasteiger charge is 2.05. The second-order valence-electron chi connectivity index (χ2n) is 5.19. The SMILES string of the molecule is CN=C(NCCc1c[nH]c2cc(F)ccc12)NCc1ccn[nH]1.I. The van der Waals surface area contributed by atoms with Crippen molar-refractivity contribution in [2.24, 2.45) is 4.99 Å². The van der Waals surface area contributed by atoms with Crippen LogP contribution in [0, 0.1) is 5.82 Å². The molecular weight excluding hydrogens is 422 g/mol. The summed E-state index contributed by atoms with van der Waals surface area (Å²) in [6.07, 6.45) is 4.45. The second kappa shape index (κ2) is 8.67. The topological polar surface area (TPSA) is 80.9 Å². The van der Waals surface area contributed by atoms with Gasteiger partial charge in [0.05, 0.1) is 12.2 Å². The van der Waals surface area contributed by atoms with Crippen LogP contribution in [-0.2, 0) is 13.0 Å². The Morgan fingerprint density at radius 2 is 2.17 bits per heavy atom. The number of aliphatic imine (C=N–C) groups is 1. The average Bonchev–Trinajstić information content (AvgIpc) is 3.20. The molecule has 0 radical (unpaired) electrons. The van der Waals surface area contributed by atoms with E-state index in [2.05, 4.69) is 30.8 Å². The van der Waals surface area contributed by atoms with E-state index in [0.717, 1.165) is 41.1 Å². The zero-order chi connectivity index (χ0) is 16.1. The van der Waals surface area contributed by atoms with Gasteiger partial charge in [0.15, 0.2) is 5.96 Å². The monoisotopic (exact) mass is 442 g/mol. The first kappa shape index (κ1) is 18.2. The van der Waals surface area contributed by atoms with Crippen LogP contribution in [0.4, 0.5) is 4.39 Å². The van der Waals surface area contributed by atoms with Gasteiger partial charge in [-0.2, -0.15) is 5.10 Å². The van der Waals surface area contributed by atoms with Crippen molar-refractivity contribution in [2.75, 3.05) is 13.6 Å². The van der Waals surface area contributed by atoms with Crippen LogP contribution >= 0.6 is 24.0 Å². The van der Waals surface area contributed by atoms with Crippen molar-refractivity contribution in [1.82, 2.24) is 25.8 Å². The molecule has 3 aromatic rings. The van der Waals surface area contributed by atoms with Crippen molar-refractivity contribution in [2.45, 2.75) is 13.0 Å². The summed E-state index contributed by atoms with van der Waals surface area (Å²) < 4.78 is 13.2. The molecule has 4 N–H and O–H groups in total. The number of benzene rings is 1. The lowest BCUT2D eigenvalue weighted by atomic mass is 10.1. The van der Waals surface area contributed by atoms with Gasteiger partial charge >= 0.3 is 0 Å². The van der Waals surface area contributed by atoms with Gasteiger partial charge in [0.1, 0.15) is 5.82 Å². The van der Waals surface area contributed by atoms with Crippen molar-refractivity contribution in [3.63, 3.8) is 0 Å². The highest BCUT2D eigenvalue weighted by atomic mass is 127. The summed E-state index contributed by atoms with van der Waals surface area (Å²) in [5.74, 6) is 0.498. The minimum atomic E-state index is -0.229. The highest BCUT2D eigenvalue weighted by Crippen LogP contribution is 2.19. The summed E-state index contributed by atoms with van der Waals surface area (Å²) >= 11 is 0. The standard InChI is InChI=1S/C16H19FN6.HI/c1-18-16(21-10-13-5-7-22-23-13)19-6-4-11-9-20-15-8-12(17)2-3-14(11)15;/h2-3,5,7-9,20H,4,6,10H2,1H3,(H,22,23)(H2,18,19,21);1H. The average molecular weight is 442 g/mol. The van der Waals surface area contributed by atoms with E-state index in [9.17, 15) is 4.39 Å². The summed E-state index contributed by atoms with van der Waals surface area (Å²) in [4.78, 5) is 7.28. The minimum Gasteiger partial charge on any atom is -0.361 e. The maximum Gasteiger partial charge on any atom is 0.191 e. The third kappa shape index (κ3) is 4.47. The van der Waals surface area contributed by atoms with Crippen molar-refractivity contribution in [1.29, 1.82) is 0 Å². The molecular formula is C16H20FIN6. The van der Waals surface area contributed by atoms with Crippen LogP contribution in [0.2, 0.25) is 0 Å². The molecule has 1 aromatic carbocycles. The maximum atomic E-state index is 13.2. The van der Waals surface area contributed by atoms with E-state index in [1.807, 2.05) is 18.3 Å². The third-order valence-corrected chi connectivity index (χ3v) is 3.64. The van der Waals surface area contributed by atoms with Gasteiger partial charge in [0.2, 0.25) is 0 Å². The molecule has 0 atom stereocenters. The molecule has 128 valence electrons. The van der Waals surface area contributed by atoms with E-state index in [1.165, 1.54) is 12.1 Å². The molecule has 0 saturated heterocycles. The maximum absolute atomic E-state index is 13.2. The molecule has 0 saturated carbocycles. The number of guanidine groups is 1. The molecule has 3 rings (SSSR count). The molecule has 0 aliphatic heterocycles. The van der Waals surface area contributed by atoms with Crippen LogP contribution in [0.25, 0.3) is 10.9 Å². The Bertz CT molecular complexity index is 796. The first-order chi connectivity index (χ1) is 11.3. The first-order valence-electron chi connectivity index (χ1n) is 7.44. The van der Waals surface area contributed by atoms with Crippen LogP contribution < -0.4 is 10.6 Å². The summed E-state index contributed by atoms with van der Waals surface area (Å²) in [6.45, 7) is 1.36. The van der Waals surface area contributed by atoms with Crippen molar-refractivity contribution < 1.29 is 4.39 Å². The summed E-state index contributed by atoms with van der Waals surface area (Å²) in [5, 5.41) is 14.3. The van der Waals surface area contributed by atoms with Crippen LogP contribution in [0.15, 0.2) is 41.7 Å². The fraction of sp³-hybridized carbons (Fsp3) is 0.250. The second-order valence-corrected chi connectivity index (χ2v) is 5.19. The lowest BCUT2D eigenvalue weighted by molar-refractivity contribution is 0.629. The molecule has 0 unspecified atom stereocenters. The molecule has 0 fully saturated rings. The molecule has 8 heteroatoms. The number of hydrogen-bond donors (Lipinski definition) is 4. The molecule has 0 aliphatic rings. The van der Waals surface area contributed by atoms with Crippen LogP contribution in [0.3, 0.4) is 0 Å². The van der Waals surface area contributed by atoms with Gasteiger partial charge in [0.25, 0.3) is 0 Å². The molecule has 24 heavy (non-hydrogen) atoms. The third-order valence-electron chi connectivity index (χ3n) is 3.64. The molecule has 0 spiro atoms. The molecule has 2 aromatic heterocycles. The van der Waals surface area contributed by atoms with Gasteiger partial charge in [-0.3, -0.25) is 10.1 Å². The zero-order valence-electron chi connectivity index (χ0n) is 13.3. The predicted octanol–water partition coefficient (Wildman–Crippen LogP) is 2.56. The smallest absolute Gasteiger partial charge is 0.191 e. The number of H-pyrrole nitrogens is 2. The first-order valence-corrected chi connectivity index (χ1v) is 7.44. The number of fused-ring (bicyclic) bond motifs is 1. The number of halogens is 2. The number of aromatic nitrogens is 3. The van der Waals surface area contributed by atoms with E-state index in [0.29, 0.717) is 6.54 Å².